The van der Waals surface area contributed by atoms with Gasteiger partial charge in [-0.3, -0.25) is 19.5 Å². The van der Waals surface area contributed by atoms with Crippen molar-refractivity contribution in [3.8, 4) is 11.5 Å². The molecule has 0 aliphatic carbocycles. The first-order chi connectivity index (χ1) is 15.1. The number of carbonyl (C=O) groups is 2. The highest BCUT2D eigenvalue weighted by Crippen LogP contribution is 2.32. The number of amides is 2. The van der Waals surface area contributed by atoms with E-state index in [0.717, 1.165) is 5.56 Å². The van der Waals surface area contributed by atoms with Gasteiger partial charge in [-0.15, -0.1) is 0 Å². The first-order valence-electron chi connectivity index (χ1n) is 9.65. The van der Waals surface area contributed by atoms with E-state index in [1.54, 1.807) is 75.1 Å². The Morgan fingerprint density at radius 1 is 0.871 bits per heavy atom. The molecule has 4 rings (SSSR count). The maximum Gasteiger partial charge on any atom is 0.278 e. The first-order valence-corrected chi connectivity index (χ1v) is 9.65. The summed E-state index contributed by atoms with van der Waals surface area (Å²) in [6, 6.07) is 17.8. The summed E-state index contributed by atoms with van der Waals surface area (Å²) in [5.41, 5.74) is 2.62. The van der Waals surface area contributed by atoms with E-state index in [1.165, 1.54) is 4.90 Å². The second-order valence-electron chi connectivity index (χ2n) is 6.89. The quantitative estimate of drug-likeness (QED) is 0.595. The number of carbonyl (C=O) groups excluding carboxylic acids is 2. The van der Waals surface area contributed by atoms with Crippen molar-refractivity contribution in [3.05, 3.63) is 89.9 Å². The van der Waals surface area contributed by atoms with Crippen LogP contribution < -0.4 is 14.8 Å². The van der Waals surface area contributed by atoms with E-state index in [4.69, 9.17) is 9.47 Å². The molecule has 3 aromatic rings. The van der Waals surface area contributed by atoms with Gasteiger partial charge in [-0.25, -0.2) is 0 Å². The van der Waals surface area contributed by atoms with Gasteiger partial charge in [0, 0.05) is 24.1 Å². The van der Waals surface area contributed by atoms with Crippen molar-refractivity contribution >= 4 is 23.1 Å². The van der Waals surface area contributed by atoms with Gasteiger partial charge in [-0.1, -0.05) is 18.2 Å². The first kappa shape index (κ1) is 20.2. The molecule has 0 spiro atoms. The SMILES string of the molecule is COc1ccc(C2=C(Nc3cccc(OC)c3)C(=O)N(Cc3ccncc3)C2=O)cc1. The van der Waals surface area contributed by atoms with Gasteiger partial charge in [0.1, 0.15) is 17.2 Å². The van der Waals surface area contributed by atoms with E-state index in [-0.39, 0.29) is 18.1 Å². The molecular formula is C24H21N3O4. The molecule has 0 saturated carbocycles. The second kappa shape index (κ2) is 8.71. The lowest BCUT2D eigenvalue weighted by Gasteiger charge is -2.15. The Morgan fingerprint density at radius 3 is 2.26 bits per heavy atom. The van der Waals surface area contributed by atoms with Gasteiger partial charge in [0.05, 0.1) is 26.3 Å². The Labute approximate surface area is 179 Å². The van der Waals surface area contributed by atoms with E-state index in [2.05, 4.69) is 10.3 Å². The molecule has 7 heteroatoms. The number of ether oxygens (including phenoxy) is 2. The van der Waals surface area contributed by atoms with Crippen LogP contribution in [0.15, 0.2) is 78.8 Å². The fraction of sp³-hybridized carbons (Fsp3) is 0.125. The monoisotopic (exact) mass is 415 g/mol. The minimum Gasteiger partial charge on any atom is -0.497 e. The van der Waals surface area contributed by atoms with Crippen LogP contribution in [0, 0.1) is 0 Å². The largest absolute Gasteiger partial charge is 0.497 e. The molecule has 0 bridgehead atoms. The maximum absolute atomic E-state index is 13.3. The lowest BCUT2D eigenvalue weighted by atomic mass is 10.0. The topological polar surface area (TPSA) is 80.8 Å². The maximum atomic E-state index is 13.3. The van der Waals surface area contributed by atoms with E-state index in [1.807, 2.05) is 12.1 Å². The van der Waals surface area contributed by atoms with E-state index >= 15 is 0 Å². The fourth-order valence-corrected chi connectivity index (χ4v) is 3.38. The third-order valence-electron chi connectivity index (χ3n) is 4.98. The molecule has 0 fully saturated rings. The van der Waals surface area contributed by atoms with Crippen LogP contribution in [0.1, 0.15) is 11.1 Å². The van der Waals surface area contributed by atoms with Crippen LogP contribution in [-0.4, -0.2) is 35.9 Å². The van der Waals surface area contributed by atoms with E-state index in [9.17, 15) is 9.59 Å². The van der Waals surface area contributed by atoms with Crippen molar-refractivity contribution < 1.29 is 19.1 Å². The Hall–Kier alpha value is -4.13. The van der Waals surface area contributed by atoms with Gasteiger partial charge in [-0.05, 0) is 47.5 Å². The van der Waals surface area contributed by atoms with Gasteiger partial charge in [-0.2, -0.15) is 0 Å². The molecule has 1 aromatic heterocycles. The summed E-state index contributed by atoms with van der Waals surface area (Å²) in [7, 11) is 3.15. The molecule has 2 amide bonds. The standard InChI is InChI=1S/C24H21N3O4/c1-30-19-8-6-17(7-9-19)21-22(26-18-4-3-5-20(14-18)31-2)24(29)27(23(21)28)15-16-10-12-25-13-11-16/h3-14,26H,15H2,1-2H3. The summed E-state index contributed by atoms with van der Waals surface area (Å²) < 4.78 is 10.5. The van der Waals surface area contributed by atoms with E-state index < -0.39 is 5.91 Å². The number of pyridine rings is 1. The van der Waals surface area contributed by atoms with Gasteiger partial charge in [0.2, 0.25) is 0 Å². The number of benzene rings is 2. The number of rotatable bonds is 7. The average molecular weight is 415 g/mol. The third kappa shape index (κ3) is 4.11. The summed E-state index contributed by atoms with van der Waals surface area (Å²) in [5.74, 6) is 0.548. The summed E-state index contributed by atoms with van der Waals surface area (Å²) >= 11 is 0. The van der Waals surface area contributed by atoms with Crippen LogP contribution in [0.4, 0.5) is 5.69 Å². The fourth-order valence-electron chi connectivity index (χ4n) is 3.38. The molecule has 1 aliphatic rings. The van der Waals surface area contributed by atoms with Crippen LogP contribution in [0.3, 0.4) is 0 Å². The van der Waals surface area contributed by atoms with Gasteiger partial charge < -0.3 is 14.8 Å². The highest BCUT2D eigenvalue weighted by atomic mass is 16.5. The van der Waals surface area contributed by atoms with Crippen molar-refractivity contribution in [2.45, 2.75) is 6.54 Å². The molecule has 2 aromatic carbocycles. The normalized spacial score (nSPS) is 13.5. The summed E-state index contributed by atoms with van der Waals surface area (Å²) in [5, 5.41) is 3.13. The lowest BCUT2D eigenvalue weighted by molar-refractivity contribution is -0.137. The average Bonchev–Trinajstić information content (AvgIpc) is 3.04. The van der Waals surface area contributed by atoms with Crippen molar-refractivity contribution in [3.63, 3.8) is 0 Å². The zero-order chi connectivity index (χ0) is 21.8. The number of nitrogens with zero attached hydrogens (tertiary/aromatic N) is 2. The zero-order valence-electron chi connectivity index (χ0n) is 17.2. The smallest absolute Gasteiger partial charge is 0.278 e. The minimum absolute atomic E-state index is 0.156. The molecular weight excluding hydrogens is 394 g/mol. The Bertz CT molecular complexity index is 1140. The second-order valence-corrected chi connectivity index (χ2v) is 6.89. The zero-order valence-corrected chi connectivity index (χ0v) is 17.2. The Kier molecular flexibility index (Phi) is 5.66. The van der Waals surface area contributed by atoms with Gasteiger partial charge >= 0.3 is 0 Å². The third-order valence-corrected chi connectivity index (χ3v) is 4.98. The van der Waals surface area contributed by atoms with Crippen LogP contribution in [0.25, 0.3) is 5.57 Å². The minimum atomic E-state index is -0.393. The summed E-state index contributed by atoms with van der Waals surface area (Å²) in [6.45, 7) is 0.156. The van der Waals surface area contributed by atoms with E-state index in [0.29, 0.717) is 28.3 Å². The molecule has 1 N–H and O–H groups in total. The van der Waals surface area contributed by atoms with Gasteiger partial charge in [0.25, 0.3) is 11.8 Å². The van der Waals surface area contributed by atoms with Crippen molar-refractivity contribution in [1.82, 2.24) is 9.88 Å². The van der Waals surface area contributed by atoms with Crippen molar-refractivity contribution in [2.75, 3.05) is 19.5 Å². The molecule has 2 heterocycles. The van der Waals surface area contributed by atoms with Crippen molar-refractivity contribution in [1.29, 1.82) is 0 Å². The summed E-state index contributed by atoms with van der Waals surface area (Å²) in [6.07, 6.45) is 3.27. The molecule has 0 saturated heterocycles. The Morgan fingerprint density at radius 2 is 1.58 bits per heavy atom. The highest BCUT2D eigenvalue weighted by molar-refractivity contribution is 6.36. The molecule has 0 radical (unpaired) electrons. The Balaban J connectivity index is 1.74. The number of anilines is 1. The van der Waals surface area contributed by atoms with Gasteiger partial charge in [0.15, 0.2) is 0 Å². The number of nitrogens with one attached hydrogen (secondary N) is 1. The number of hydrogen-bond acceptors (Lipinski definition) is 6. The summed E-state index contributed by atoms with van der Waals surface area (Å²) in [4.78, 5) is 31.9. The lowest BCUT2D eigenvalue weighted by Crippen LogP contribution is -2.32. The number of imide groups is 1. The van der Waals surface area contributed by atoms with Crippen LogP contribution >= 0.6 is 0 Å². The predicted octanol–water partition coefficient (Wildman–Crippen LogP) is 3.49. The predicted molar refractivity (Wildman–Crippen MR) is 116 cm³/mol. The molecule has 156 valence electrons. The number of hydrogen-bond donors (Lipinski definition) is 1. The van der Waals surface area contributed by atoms with Crippen LogP contribution in [-0.2, 0) is 16.1 Å². The van der Waals surface area contributed by atoms with Crippen LogP contribution in [0.2, 0.25) is 0 Å². The number of methoxy groups -OCH3 is 2. The number of aromatic nitrogens is 1. The van der Waals surface area contributed by atoms with Crippen LogP contribution in [0.5, 0.6) is 11.5 Å². The molecule has 0 unspecified atom stereocenters. The molecule has 31 heavy (non-hydrogen) atoms. The molecule has 7 nitrogen and oxygen atoms in total. The highest BCUT2D eigenvalue weighted by Gasteiger charge is 2.39. The van der Waals surface area contributed by atoms with Crippen molar-refractivity contribution in [2.24, 2.45) is 0 Å². The molecule has 1 aliphatic heterocycles. The molecule has 0 atom stereocenters.